The van der Waals surface area contributed by atoms with Gasteiger partial charge < -0.3 is 15.5 Å². The van der Waals surface area contributed by atoms with Gasteiger partial charge in [-0.2, -0.15) is 0 Å². The fourth-order valence-corrected chi connectivity index (χ4v) is 2.82. The molecule has 1 aliphatic rings. The predicted octanol–water partition coefficient (Wildman–Crippen LogP) is -0.0953. The number of amides is 2. The Labute approximate surface area is 132 Å². The molecule has 3 N–H and O–H groups in total. The number of nitrogens with one attached hydrogen (secondary N) is 3. The standard InChI is InChI=1S/C17H25N3O2/c1-13(2)10-15(14-6-4-3-5-7-14)19-17(22)12-20-9-8-18-16(21)11-20/h3-7,13,15H,8-12H2,1-2H3,(H,18,21)(H,19,22)/p+1/t15-/m1/s1. The number of rotatable bonds is 6. The smallest absolute Gasteiger partial charge is 0.275 e. The van der Waals surface area contributed by atoms with E-state index in [0.29, 0.717) is 25.6 Å². The van der Waals surface area contributed by atoms with E-state index in [-0.39, 0.29) is 17.9 Å². The molecule has 1 heterocycles. The predicted molar refractivity (Wildman–Crippen MR) is 85.4 cm³/mol. The first kappa shape index (κ1) is 16.5. The van der Waals surface area contributed by atoms with Crippen molar-refractivity contribution in [3.63, 3.8) is 0 Å². The maximum atomic E-state index is 12.3. The van der Waals surface area contributed by atoms with Gasteiger partial charge in [0.2, 0.25) is 0 Å². The van der Waals surface area contributed by atoms with Gasteiger partial charge in [-0.15, -0.1) is 0 Å². The number of hydrogen-bond acceptors (Lipinski definition) is 2. The normalized spacial score (nSPS) is 19.6. The average molecular weight is 304 g/mol. The van der Waals surface area contributed by atoms with Crippen LogP contribution < -0.4 is 15.5 Å². The number of hydrogen-bond donors (Lipinski definition) is 3. The Morgan fingerprint density at radius 1 is 1.32 bits per heavy atom. The van der Waals surface area contributed by atoms with Crippen LogP contribution in [0.15, 0.2) is 30.3 Å². The zero-order valence-electron chi connectivity index (χ0n) is 13.4. The van der Waals surface area contributed by atoms with E-state index in [1.54, 1.807) is 0 Å². The number of benzene rings is 1. The molecule has 2 amide bonds. The Morgan fingerprint density at radius 2 is 2.05 bits per heavy atom. The van der Waals surface area contributed by atoms with E-state index in [0.717, 1.165) is 23.4 Å². The lowest BCUT2D eigenvalue weighted by Crippen LogP contribution is -3.16. The lowest BCUT2D eigenvalue weighted by molar-refractivity contribution is -0.885. The van der Waals surface area contributed by atoms with Gasteiger partial charge in [0.1, 0.15) is 0 Å². The van der Waals surface area contributed by atoms with Gasteiger partial charge in [-0.1, -0.05) is 44.2 Å². The summed E-state index contributed by atoms with van der Waals surface area (Å²) in [6, 6.07) is 10.1. The van der Waals surface area contributed by atoms with E-state index in [4.69, 9.17) is 0 Å². The summed E-state index contributed by atoms with van der Waals surface area (Å²) in [5.41, 5.74) is 1.14. The molecule has 1 fully saturated rings. The van der Waals surface area contributed by atoms with Crippen LogP contribution in [0.4, 0.5) is 0 Å². The van der Waals surface area contributed by atoms with Crippen molar-refractivity contribution in [2.24, 2.45) is 5.92 Å². The Kier molecular flexibility index (Phi) is 5.95. The molecule has 22 heavy (non-hydrogen) atoms. The molecule has 0 aromatic heterocycles. The fraction of sp³-hybridized carbons (Fsp3) is 0.529. The van der Waals surface area contributed by atoms with E-state index in [9.17, 15) is 9.59 Å². The lowest BCUT2D eigenvalue weighted by atomic mass is 9.97. The molecule has 0 aliphatic carbocycles. The first-order valence-electron chi connectivity index (χ1n) is 7.99. The van der Waals surface area contributed by atoms with E-state index < -0.39 is 0 Å². The van der Waals surface area contributed by atoms with Crippen LogP contribution in [0.5, 0.6) is 0 Å². The van der Waals surface area contributed by atoms with Crippen LogP contribution in [-0.4, -0.2) is 38.0 Å². The van der Waals surface area contributed by atoms with E-state index in [1.165, 1.54) is 0 Å². The van der Waals surface area contributed by atoms with Crippen LogP contribution >= 0.6 is 0 Å². The van der Waals surface area contributed by atoms with Crippen LogP contribution in [0.2, 0.25) is 0 Å². The van der Waals surface area contributed by atoms with Gasteiger partial charge in [-0.05, 0) is 17.9 Å². The maximum absolute atomic E-state index is 12.3. The molecular weight excluding hydrogens is 278 g/mol. The van der Waals surface area contributed by atoms with Crippen molar-refractivity contribution in [2.75, 3.05) is 26.2 Å². The summed E-state index contributed by atoms with van der Waals surface area (Å²) in [5, 5.41) is 5.92. The molecule has 5 nitrogen and oxygen atoms in total. The highest BCUT2D eigenvalue weighted by molar-refractivity contribution is 5.79. The van der Waals surface area contributed by atoms with Crippen molar-refractivity contribution in [1.29, 1.82) is 0 Å². The monoisotopic (exact) mass is 304 g/mol. The minimum Gasteiger partial charge on any atom is -0.346 e. The summed E-state index contributed by atoms with van der Waals surface area (Å²) >= 11 is 0. The molecular formula is C17H26N3O2+. The summed E-state index contributed by atoms with van der Waals surface area (Å²) in [6.45, 7) is 6.50. The molecule has 0 bridgehead atoms. The Hall–Kier alpha value is -1.88. The topological polar surface area (TPSA) is 62.6 Å². The van der Waals surface area contributed by atoms with Gasteiger partial charge in [0.05, 0.1) is 19.1 Å². The molecule has 1 aliphatic heterocycles. The molecule has 120 valence electrons. The molecule has 0 spiro atoms. The van der Waals surface area contributed by atoms with Crippen molar-refractivity contribution in [1.82, 2.24) is 10.6 Å². The van der Waals surface area contributed by atoms with Crippen LogP contribution in [0.3, 0.4) is 0 Å². The minimum absolute atomic E-state index is 0.0132. The maximum Gasteiger partial charge on any atom is 0.275 e. The Bertz CT molecular complexity index is 502. The molecule has 1 unspecified atom stereocenters. The second-order valence-corrected chi connectivity index (χ2v) is 6.36. The SMILES string of the molecule is CC(C)C[C@@H](NC(=O)C[NH+]1CCNC(=O)C1)c1ccccc1. The molecule has 0 radical (unpaired) electrons. The molecule has 0 saturated carbocycles. The van der Waals surface area contributed by atoms with Crippen molar-refractivity contribution in [2.45, 2.75) is 26.3 Å². The third-order valence-corrected chi connectivity index (χ3v) is 3.87. The van der Waals surface area contributed by atoms with Crippen molar-refractivity contribution < 1.29 is 14.5 Å². The molecule has 1 saturated heterocycles. The third kappa shape index (κ3) is 5.15. The molecule has 2 rings (SSSR count). The highest BCUT2D eigenvalue weighted by Crippen LogP contribution is 2.20. The van der Waals surface area contributed by atoms with Gasteiger partial charge in [-0.25, -0.2) is 0 Å². The molecule has 1 aromatic rings. The van der Waals surface area contributed by atoms with Gasteiger partial charge in [0.15, 0.2) is 13.1 Å². The minimum atomic E-state index is 0.0132. The summed E-state index contributed by atoms with van der Waals surface area (Å²) in [6.07, 6.45) is 0.908. The van der Waals surface area contributed by atoms with Gasteiger partial charge in [0.25, 0.3) is 11.8 Å². The highest BCUT2D eigenvalue weighted by atomic mass is 16.2. The molecule has 1 aromatic carbocycles. The number of carbonyl (C=O) groups excluding carboxylic acids is 2. The van der Waals surface area contributed by atoms with Gasteiger partial charge in [0, 0.05) is 0 Å². The number of carbonyl (C=O) groups is 2. The first-order valence-corrected chi connectivity index (χ1v) is 7.99. The zero-order chi connectivity index (χ0) is 15.9. The second-order valence-electron chi connectivity index (χ2n) is 6.36. The second kappa shape index (κ2) is 7.94. The number of piperazine rings is 1. The van der Waals surface area contributed by atoms with Crippen LogP contribution in [0.25, 0.3) is 0 Å². The van der Waals surface area contributed by atoms with Crippen molar-refractivity contribution in [3.05, 3.63) is 35.9 Å². The van der Waals surface area contributed by atoms with E-state index in [1.807, 2.05) is 18.2 Å². The van der Waals surface area contributed by atoms with Gasteiger partial charge in [-0.3, -0.25) is 9.59 Å². The van der Waals surface area contributed by atoms with Crippen molar-refractivity contribution >= 4 is 11.8 Å². The molecule has 2 atom stereocenters. The largest absolute Gasteiger partial charge is 0.346 e. The van der Waals surface area contributed by atoms with Crippen molar-refractivity contribution in [3.8, 4) is 0 Å². The van der Waals surface area contributed by atoms with Crippen LogP contribution in [-0.2, 0) is 9.59 Å². The van der Waals surface area contributed by atoms with E-state index in [2.05, 4.69) is 36.6 Å². The third-order valence-electron chi connectivity index (χ3n) is 3.87. The van der Waals surface area contributed by atoms with Crippen LogP contribution in [0, 0.1) is 5.92 Å². The van der Waals surface area contributed by atoms with E-state index >= 15 is 0 Å². The average Bonchev–Trinajstić information content (AvgIpc) is 2.47. The summed E-state index contributed by atoms with van der Waals surface area (Å²) < 4.78 is 0. The van der Waals surface area contributed by atoms with Gasteiger partial charge >= 0.3 is 0 Å². The summed E-state index contributed by atoms with van der Waals surface area (Å²) in [7, 11) is 0. The first-order chi connectivity index (χ1) is 10.5. The molecule has 5 heteroatoms. The summed E-state index contributed by atoms with van der Waals surface area (Å²) in [4.78, 5) is 24.7. The quantitative estimate of drug-likeness (QED) is 0.687. The number of quaternary nitrogens is 1. The lowest BCUT2D eigenvalue weighted by Gasteiger charge is -2.25. The Balaban J connectivity index is 1.94. The summed E-state index contributed by atoms with van der Waals surface area (Å²) in [5.74, 6) is 0.536. The highest BCUT2D eigenvalue weighted by Gasteiger charge is 2.24. The Morgan fingerprint density at radius 3 is 2.68 bits per heavy atom. The zero-order valence-corrected chi connectivity index (χ0v) is 13.4. The van der Waals surface area contributed by atoms with Crippen LogP contribution in [0.1, 0.15) is 31.9 Å². The fourth-order valence-electron chi connectivity index (χ4n) is 2.82.